The van der Waals surface area contributed by atoms with E-state index in [2.05, 4.69) is 5.32 Å². The van der Waals surface area contributed by atoms with Crippen LogP contribution in [0.5, 0.6) is 5.75 Å². The van der Waals surface area contributed by atoms with E-state index in [0.29, 0.717) is 0 Å². The Morgan fingerprint density at radius 1 is 1.33 bits per heavy atom. The van der Waals surface area contributed by atoms with Gasteiger partial charge in [0.05, 0.1) is 0 Å². The first-order valence-electron chi connectivity index (χ1n) is 7.73. The molecule has 1 amide bonds. The summed E-state index contributed by atoms with van der Waals surface area (Å²) < 4.78 is 6.25. The summed E-state index contributed by atoms with van der Waals surface area (Å²) in [7, 11) is 0. The lowest BCUT2D eigenvalue weighted by atomic mass is 9.61. The quantitative estimate of drug-likeness (QED) is 0.806. The number of fused-ring (bicyclic) bond motifs is 2. The van der Waals surface area contributed by atoms with Crippen molar-refractivity contribution in [3.05, 3.63) is 29.8 Å². The molecule has 1 saturated carbocycles. The monoisotopic (exact) mass is 285 g/mol. The molecule has 2 aliphatic heterocycles. The average Bonchev–Trinajstić information content (AvgIpc) is 2.45. The minimum atomic E-state index is -0.597. The van der Waals surface area contributed by atoms with E-state index in [-0.39, 0.29) is 23.5 Å². The van der Waals surface area contributed by atoms with E-state index in [9.17, 15) is 9.59 Å². The highest BCUT2D eigenvalue weighted by Crippen LogP contribution is 2.55. The molecule has 4 heteroatoms. The lowest BCUT2D eigenvalue weighted by Crippen LogP contribution is -2.69. The van der Waals surface area contributed by atoms with Crippen LogP contribution in [0.15, 0.2) is 24.3 Å². The summed E-state index contributed by atoms with van der Waals surface area (Å²) in [6.45, 7) is 1.53. The van der Waals surface area contributed by atoms with E-state index in [1.54, 1.807) is 0 Å². The average molecular weight is 285 g/mol. The number of hydrogen-bond donors (Lipinski definition) is 1. The predicted octanol–water partition coefficient (Wildman–Crippen LogP) is 2.38. The lowest BCUT2D eigenvalue weighted by molar-refractivity contribution is -0.160. The van der Waals surface area contributed by atoms with Crippen molar-refractivity contribution >= 4 is 11.7 Å². The van der Waals surface area contributed by atoms with Crippen molar-refractivity contribution in [2.45, 2.75) is 44.2 Å². The second-order valence-electron chi connectivity index (χ2n) is 6.49. The van der Waals surface area contributed by atoms with Crippen LogP contribution < -0.4 is 10.1 Å². The summed E-state index contributed by atoms with van der Waals surface area (Å²) in [5.74, 6) is 0.195. The summed E-state index contributed by atoms with van der Waals surface area (Å²) in [6.07, 6.45) is 4.02. The van der Waals surface area contributed by atoms with Crippen LogP contribution in [0.1, 0.15) is 44.1 Å². The number of carbonyl (C=O) groups is 2. The molecular weight excluding hydrogens is 266 g/mol. The van der Waals surface area contributed by atoms with Crippen LogP contribution in [-0.4, -0.2) is 17.4 Å². The maximum absolute atomic E-state index is 12.5. The maximum Gasteiger partial charge on any atom is 0.234 e. The minimum absolute atomic E-state index is 0.0403. The van der Waals surface area contributed by atoms with Gasteiger partial charge in [-0.1, -0.05) is 24.6 Å². The molecule has 2 fully saturated rings. The Hall–Kier alpha value is -1.84. The zero-order valence-corrected chi connectivity index (χ0v) is 12.1. The molecule has 1 saturated heterocycles. The van der Waals surface area contributed by atoms with Gasteiger partial charge in [0.25, 0.3) is 0 Å². The highest BCUT2D eigenvalue weighted by atomic mass is 16.5. The summed E-state index contributed by atoms with van der Waals surface area (Å²) in [6, 6.07) is 7.86. The third kappa shape index (κ3) is 1.68. The SMILES string of the molecule is CC(=O)C1C(=O)N[C@@]23CCCC[C@@H]2[C@@H]1c1ccccc1O3. The predicted molar refractivity (Wildman–Crippen MR) is 76.8 cm³/mol. The number of carbonyl (C=O) groups excluding carboxylic acids is 2. The number of amides is 1. The first-order chi connectivity index (χ1) is 10.1. The molecule has 1 unspecified atom stereocenters. The fourth-order valence-corrected chi connectivity index (χ4v) is 4.51. The van der Waals surface area contributed by atoms with Crippen LogP contribution in [0.3, 0.4) is 0 Å². The van der Waals surface area contributed by atoms with Gasteiger partial charge in [0, 0.05) is 18.3 Å². The van der Waals surface area contributed by atoms with Gasteiger partial charge in [0.15, 0.2) is 5.72 Å². The van der Waals surface area contributed by atoms with Crippen molar-refractivity contribution in [3.8, 4) is 5.75 Å². The number of nitrogens with one attached hydrogen (secondary N) is 1. The summed E-state index contributed by atoms with van der Waals surface area (Å²) in [4.78, 5) is 24.6. The Bertz CT molecular complexity index is 626. The van der Waals surface area contributed by atoms with Gasteiger partial charge >= 0.3 is 0 Å². The van der Waals surface area contributed by atoms with Crippen LogP contribution >= 0.6 is 0 Å². The first-order valence-corrected chi connectivity index (χ1v) is 7.73. The van der Waals surface area contributed by atoms with Crippen molar-refractivity contribution in [2.75, 3.05) is 0 Å². The number of Topliss-reactive ketones (excluding diaryl/α,β-unsaturated/α-hetero) is 1. The van der Waals surface area contributed by atoms with Gasteiger partial charge in [-0.05, 0) is 31.4 Å². The van der Waals surface area contributed by atoms with Gasteiger partial charge in [-0.15, -0.1) is 0 Å². The molecule has 3 aliphatic rings. The second-order valence-corrected chi connectivity index (χ2v) is 6.49. The number of hydrogen-bond acceptors (Lipinski definition) is 3. The smallest absolute Gasteiger partial charge is 0.234 e. The number of piperidine rings is 1. The second kappa shape index (κ2) is 4.33. The lowest BCUT2D eigenvalue weighted by Gasteiger charge is -2.56. The summed E-state index contributed by atoms with van der Waals surface area (Å²) in [5.41, 5.74) is 0.426. The Labute approximate surface area is 123 Å². The third-order valence-corrected chi connectivity index (χ3v) is 5.33. The molecular formula is C17H19NO3. The van der Waals surface area contributed by atoms with Crippen molar-refractivity contribution in [3.63, 3.8) is 0 Å². The Morgan fingerprint density at radius 3 is 2.95 bits per heavy atom. The molecule has 2 heterocycles. The van der Waals surface area contributed by atoms with E-state index >= 15 is 0 Å². The molecule has 1 aromatic rings. The van der Waals surface area contributed by atoms with Crippen LogP contribution in [0.4, 0.5) is 0 Å². The molecule has 0 aromatic heterocycles. The molecule has 0 spiro atoms. The minimum Gasteiger partial charge on any atom is -0.467 e. The molecule has 1 aromatic carbocycles. The van der Waals surface area contributed by atoms with Crippen LogP contribution in [0.25, 0.3) is 0 Å². The normalized spacial score (nSPS) is 36.8. The molecule has 0 radical (unpaired) electrons. The molecule has 4 rings (SSSR count). The number of ether oxygens (including phenoxy) is 1. The Kier molecular flexibility index (Phi) is 2.65. The fourth-order valence-electron chi connectivity index (χ4n) is 4.51. The number of benzene rings is 1. The molecule has 21 heavy (non-hydrogen) atoms. The standard InChI is InChI=1S/C17H19NO3/c1-10(19)14-15-11-6-2-3-8-13(11)21-17(18-16(14)20)9-5-4-7-12(15)17/h2-3,6,8,12,14-15H,4-5,7,9H2,1H3,(H,18,20)/t12-,14?,15+,17-/m1/s1. The Balaban J connectivity index is 1.92. The third-order valence-electron chi connectivity index (χ3n) is 5.33. The van der Waals surface area contributed by atoms with Crippen molar-refractivity contribution < 1.29 is 14.3 Å². The summed E-state index contributed by atoms with van der Waals surface area (Å²) in [5, 5.41) is 3.05. The van der Waals surface area contributed by atoms with Crippen LogP contribution in [0, 0.1) is 11.8 Å². The van der Waals surface area contributed by atoms with Gasteiger partial charge < -0.3 is 10.1 Å². The van der Waals surface area contributed by atoms with Gasteiger partial charge in [0.2, 0.25) is 5.91 Å². The van der Waals surface area contributed by atoms with Crippen LogP contribution in [-0.2, 0) is 9.59 Å². The number of para-hydroxylation sites is 1. The van der Waals surface area contributed by atoms with E-state index in [4.69, 9.17) is 4.74 Å². The van der Waals surface area contributed by atoms with Gasteiger partial charge in [0.1, 0.15) is 17.5 Å². The zero-order chi connectivity index (χ0) is 14.6. The highest BCUT2D eigenvalue weighted by molar-refractivity contribution is 6.02. The van der Waals surface area contributed by atoms with Crippen LogP contribution in [0.2, 0.25) is 0 Å². The number of rotatable bonds is 1. The van der Waals surface area contributed by atoms with Crippen molar-refractivity contribution in [1.29, 1.82) is 0 Å². The largest absolute Gasteiger partial charge is 0.467 e. The van der Waals surface area contributed by atoms with Gasteiger partial charge in [-0.25, -0.2) is 0 Å². The topological polar surface area (TPSA) is 55.4 Å². The zero-order valence-electron chi connectivity index (χ0n) is 12.1. The van der Waals surface area contributed by atoms with Crippen molar-refractivity contribution in [2.24, 2.45) is 11.8 Å². The molecule has 4 nitrogen and oxygen atoms in total. The Morgan fingerprint density at radius 2 is 2.14 bits per heavy atom. The fraction of sp³-hybridized carbons (Fsp3) is 0.529. The molecule has 2 bridgehead atoms. The number of ketones is 1. The highest BCUT2D eigenvalue weighted by Gasteiger charge is 2.59. The molecule has 110 valence electrons. The van der Waals surface area contributed by atoms with E-state index in [0.717, 1.165) is 37.0 Å². The van der Waals surface area contributed by atoms with Gasteiger partial charge in [-0.3, -0.25) is 9.59 Å². The molecule has 4 atom stereocenters. The maximum atomic E-state index is 12.5. The first kappa shape index (κ1) is 12.9. The van der Waals surface area contributed by atoms with E-state index in [1.807, 2.05) is 24.3 Å². The molecule has 1 aliphatic carbocycles. The van der Waals surface area contributed by atoms with E-state index in [1.165, 1.54) is 6.92 Å². The van der Waals surface area contributed by atoms with Crippen molar-refractivity contribution in [1.82, 2.24) is 5.32 Å². The summed E-state index contributed by atoms with van der Waals surface area (Å²) >= 11 is 0. The van der Waals surface area contributed by atoms with E-state index < -0.39 is 11.6 Å². The molecule has 1 N–H and O–H groups in total. The van der Waals surface area contributed by atoms with Gasteiger partial charge in [-0.2, -0.15) is 0 Å².